The molecule has 0 unspecified atom stereocenters. The van der Waals surface area contributed by atoms with E-state index in [1.165, 1.54) is 25.8 Å². The van der Waals surface area contributed by atoms with E-state index in [2.05, 4.69) is 10.00 Å². The number of carbonyl (C=O) groups is 1. The van der Waals surface area contributed by atoms with E-state index < -0.39 is 5.91 Å². The summed E-state index contributed by atoms with van der Waals surface area (Å²) in [7, 11) is 0. The van der Waals surface area contributed by atoms with Crippen molar-refractivity contribution in [2.24, 2.45) is 11.7 Å². The van der Waals surface area contributed by atoms with Gasteiger partial charge in [-0.2, -0.15) is 5.10 Å². The molecule has 2 heterocycles. The highest BCUT2D eigenvalue weighted by Crippen LogP contribution is 2.30. The van der Waals surface area contributed by atoms with Gasteiger partial charge < -0.3 is 5.73 Å². The Morgan fingerprint density at radius 3 is 2.76 bits per heavy atom. The summed E-state index contributed by atoms with van der Waals surface area (Å²) in [5.41, 5.74) is 5.71. The van der Waals surface area contributed by atoms with Crippen LogP contribution in [0.2, 0.25) is 0 Å². The summed E-state index contributed by atoms with van der Waals surface area (Å²) in [6.07, 6.45) is 7.51. The van der Waals surface area contributed by atoms with Crippen molar-refractivity contribution in [3.8, 4) is 0 Å². The monoisotopic (exact) mass is 234 g/mol. The van der Waals surface area contributed by atoms with Gasteiger partial charge in [-0.3, -0.25) is 14.4 Å². The van der Waals surface area contributed by atoms with Crippen LogP contribution >= 0.6 is 0 Å². The van der Waals surface area contributed by atoms with Crippen molar-refractivity contribution in [3.63, 3.8) is 0 Å². The van der Waals surface area contributed by atoms with Crippen LogP contribution < -0.4 is 5.73 Å². The first kappa shape index (κ1) is 10.8. The first-order valence-corrected chi connectivity index (χ1v) is 6.28. The summed E-state index contributed by atoms with van der Waals surface area (Å²) in [4.78, 5) is 13.4. The smallest absolute Gasteiger partial charge is 0.251 e. The molecule has 2 aliphatic rings. The fraction of sp³-hybridized carbons (Fsp3) is 0.667. The van der Waals surface area contributed by atoms with E-state index in [1.54, 1.807) is 12.4 Å². The van der Waals surface area contributed by atoms with E-state index in [4.69, 9.17) is 5.73 Å². The Hall–Kier alpha value is -1.36. The number of likely N-dealkylation sites (tertiary alicyclic amines) is 1. The highest BCUT2D eigenvalue weighted by Gasteiger charge is 2.31. The summed E-state index contributed by atoms with van der Waals surface area (Å²) in [6, 6.07) is 0.420. The quantitative estimate of drug-likeness (QED) is 0.831. The Kier molecular flexibility index (Phi) is 2.63. The van der Waals surface area contributed by atoms with Crippen LogP contribution in [0.5, 0.6) is 0 Å². The predicted molar refractivity (Wildman–Crippen MR) is 63.6 cm³/mol. The molecule has 1 saturated carbocycles. The minimum atomic E-state index is -0.401. The number of hydrogen-bond acceptors (Lipinski definition) is 3. The minimum absolute atomic E-state index is 0.401. The molecule has 0 atom stereocenters. The van der Waals surface area contributed by atoms with Gasteiger partial charge in [0.2, 0.25) is 0 Å². The maximum absolute atomic E-state index is 11.0. The summed E-state index contributed by atoms with van der Waals surface area (Å²) in [5, 5.41) is 4.20. The molecule has 5 heteroatoms. The highest BCUT2D eigenvalue weighted by molar-refractivity contribution is 5.92. The normalized spacial score (nSPS) is 22.1. The van der Waals surface area contributed by atoms with Crippen molar-refractivity contribution in [2.45, 2.75) is 25.3 Å². The van der Waals surface area contributed by atoms with Gasteiger partial charge in [0.25, 0.3) is 5.91 Å². The molecule has 1 aliphatic carbocycles. The topological polar surface area (TPSA) is 64.2 Å². The number of aromatic nitrogens is 2. The average Bonchev–Trinajstić information content (AvgIpc) is 2.61. The minimum Gasteiger partial charge on any atom is -0.366 e. The zero-order chi connectivity index (χ0) is 11.8. The van der Waals surface area contributed by atoms with Crippen molar-refractivity contribution in [3.05, 3.63) is 18.0 Å². The molecule has 17 heavy (non-hydrogen) atoms. The third-order valence-corrected chi connectivity index (χ3v) is 3.94. The number of carbonyl (C=O) groups excluding carboxylic acids is 1. The lowest BCUT2D eigenvalue weighted by Gasteiger charge is -2.42. The van der Waals surface area contributed by atoms with Crippen LogP contribution in [0.4, 0.5) is 0 Å². The molecule has 1 saturated heterocycles. The van der Waals surface area contributed by atoms with Crippen LogP contribution in [-0.2, 0) is 0 Å². The number of primary amides is 1. The maximum atomic E-state index is 11.0. The van der Waals surface area contributed by atoms with Crippen LogP contribution in [0.15, 0.2) is 12.4 Å². The third kappa shape index (κ3) is 2.07. The van der Waals surface area contributed by atoms with Crippen molar-refractivity contribution in [1.29, 1.82) is 0 Å². The highest BCUT2D eigenvalue weighted by atomic mass is 16.1. The third-order valence-electron chi connectivity index (χ3n) is 3.94. The maximum Gasteiger partial charge on any atom is 0.251 e. The van der Waals surface area contributed by atoms with Crippen LogP contribution in [0.1, 0.15) is 35.7 Å². The lowest BCUT2D eigenvalue weighted by atomic mass is 9.84. The van der Waals surface area contributed by atoms with Gasteiger partial charge >= 0.3 is 0 Å². The molecule has 2 N–H and O–H groups in total. The Morgan fingerprint density at radius 2 is 2.24 bits per heavy atom. The summed E-state index contributed by atoms with van der Waals surface area (Å²) < 4.78 is 1.87. The van der Waals surface area contributed by atoms with Gasteiger partial charge in [-0.25, -0.2) is 0 Å². The predicted octanol–water partition coefficient (Wildman–Crippen LogP) is 0.639. The van der Waals surface area contributed by atoms with Crippen LogP contribution in [0, 0.1) is 5.92 Å². The number of rotatable bonds is 4. The fourth-order valence-electron chi connectivity index (χ4n) is 2.56. The standard InChI is InChI=1S/C12H18N4O/c13-12(17)10-4-14-16(6-10)11-7-15(8-11)5-9-2-1-3-9/h4,6,9,11H,1-3,5,7-8H2,(H2,13,17). The summed E-state index contributed by atoms with van der Waals surface area (Å²) >= 11 is 0. The zero-order valence-electron chi connectivity index (χ0n) is 9.88. The largest absolute Gasteiger partial charge is 0.366 e. The molecule has 2 fully saturated rings. The van der Waals surface area contributed by atoms with E-state index in [9.17, 15) is 4.79 Å². The Bertz CT molecular complexity index is 418. The van der Waals surface area contributed by atoms with Crippen LogP contribution in [-0.4, -0.2) is 40.2 Å². The van der Waals surface area contributed by atoms with Crippen molar-refractivity contribution < 1.29 is 4.79 Å². The van der Waals surface area contributed by atoms with Crippen LogP contribution in [0.25, 0.3) is 0 Å². The number of nitrogens with two attached hydrogens (primary N) is 1. The molecule has 3 rings (SSSR count). The first-order valence-electron chi connectivity index (χ1n) is 6.28. The Balaban J connectivity index is 1.51. The second kappa shape index (κ2) is 4.14. The van der Waals surface area contributed by atoms with Gasteiger partial charge in [0.05, 0.1) is 17.8 Å². The fourth-order valence-corrected chi connectivity index (χ4v) is 2.56. The summed E-state index contributed by atoms with van der Waals surface area (Å²) in [5.74, 6) is 0.525. The number of nitrogens with zero attached hydrogens (tertiary/aromatic N) is 3. The molecule has 0 radical (unpaired) electrons. The molecule has 5 nitrogen and oxygen atoms in total. The molecule has 0 bridgehead atoms. The number of amides is 1. The molecular formula is C12H18N4O. The molecule has 1 amide bonds. The van der Waals surface area contributed by atoms with Crippen molar-refractivity contribution in [2.75, 3.05) is 19.6 Å². The Labute approximate surface area is 101 Å². The van der Waals surface area contributed by atoms with Gasteiger partial charge in [-0.05, 0) is 18.8 Å². The van der Waals surface area contributed by atoms with E-state index in [-0.39, 0.29) is 0 Å². The van der Waals surface area contributed by atoms with Gasteiger partial charge in [0.1, 0.15) is 0 Å². The molecule has 1 aromatic rings. The molecule has 1 aliphatic heterocycles. The molecule has 0 aromatic carbocycles. The van der Waals surface area contributed by atoms with E-state index in [0.717, 1.165) is 19.0 Å². The van der Waals surface area contributed by atoms with Gasteiger partial charge in [-0.15, -0.1) is 0 Å². The van der Waals surface area contributed by atoms with Crippen LogP contribution in [0.3, 0.4) is 0 Å². The second-order valence-corrected chi connectivity index (χ2v) is 5.24. The SMILES string of the molecule is NC(=O)c1cnn(C2CN(CC3CCC3)C2)c1. The lowest BCUT2D eigenvalue weighted by molar-refractivity contribution is 0.0634. The second-order valence-electron chi connectivity index (χ2n) is 5.24. The van der Waals surface area contributed by atoms with E-state index in [0.29, 0.717) is 11.6 Å². The summed E-state index contributed by atoms with van der Waals surface area (Å²) in [6.45, 7) is 3.34. The van der Waals surface area contributed by atoms with Gasteiger partial charge in [0.15, 0.2) is 0 Å². The van der Waals surface area contributed by atoms with E-state index in [1.807, 2.05) is 4.68 Å². The average molecular weight is 234 g/mol. The van der Waals surface area contributed by atoms with E-state index >= 15 is 0 Å². The lowest BCUT2D eigenvalue weighted by Crippen LogP contribution is -2.50. The zero-order valence-corrected chi connectivity index (χ0v) is 9.88. The van der Waals surface area contributed by atoms with Crippen molar-refractivity contribution >= 4 is 5.91 Å². The molecular weight excluding hydrogens is 216 g/mol. The first-order chi connectivity index (χ1) is 8.22. The molecule has 1 aromatic heterocycles. The molecule has 92 valence electrons. The van der Waals surface area contributed by atoms with Gasteiger partial charge in [-0.1, -0.05) is 6.42 Å². The van der Waals surface area contributed by atoms with Crippen molar-refractivity contribution in [1.82, 2.24) is 14.7 Å². The molecule has 0 spiro atoms. The number of hydrogen-bond donors (Lipinski definition) is 1. The Morgan fingerprint density at radius 1 is 1.47 bits per heavy atom. The van der Waals surface area contributed by atoms with Gasteiger partial charge in [0, 0.05) is 25.8 Å².